The summed E-state index contributed by atoms with van der Waals surface area (Å²) < 4.78 is 0. The molecule has 0 spiro atoms. The highest BCUT2D eigenvalue weighted by Crippen LogP contribution is 2.11. The minimum atomic E-state index is -0.157. The van der Waals surface area contributed by atoms with E-state index in [2.05, 4.69) is 15.6 Å². The number of nitrogens with zero attached hydrogens (tertiary/aromatic N) is 1. The highest BCUT2D eigenvalue weighted by Gasteiger charge is 2.15. The molecule has 1 saturated heterocycles. The summed E-state index contributed by atoms with van der Waals surface area (Å²) in [6.45, 7) is 1.68. The van der Waals surface area contributed by atoms with Crippen molar-refractivity contribution in [1.29, 1.82) is 0 Å². The third-order valence-corrected chi connectivity index (χ3v) is 3.23. The van der Waals surface area contributed by atoms with E-state index < -0.39 is 0 Å². The van der Waals surface area contributed by atoms with Crippen molar-refractivity contribution in [2.45, 2.75) is 25.3 Å². The summed E-state index contributed by atoms with van der Waals surface area (Å²) in [7, 11) is 0. The van der Waals surface area contributed by atoms with Crippen LogP contribution in [0.2, 0.25) is 5.15 Å². The van der Waals surface area contributed by atoms with Gasteiger partial charge in [0.05, 0.1) is 5.56 Å². The molecule has 5 heteroatoms. The zero-order valence-corrected chi connectivity index (χ0v) is 10.3. The van der Waals surface area contributed by atoms with Gasteiger partial charge in [0.25, 0.3) is 5.91 Å². The first-order valence-corrected chi connectivity index (χ1v) is 6.27. The van der Waals surface area contributed by atoms with Crippen molar-refractivity contribution in [3.63, 3.8) is 0 Å². The Labute approximate surface area is 106 Å². The quantitative estimate of drug-likeness (QED) is 0.805. The fourth-order valence-corrected chi connectivity index (χ4v) is 2.17. The number of carbonyl (C=O) groups is 1. The minimum Gasteiger partial charge on any atom is -0.350 e. The second-order valence-corrected chi connectivity index (χ2v) is 4.56. The van der Waals surface area contributed by atoms with E-state index in [1.807, 2.05) is 0 Å². The van der Waals surface area contributed by atoms with Crippen molar-refractivity contribution < 1.29 is 4.79 Å². The second-order valence-electron chi connectivity index (χ2n) is 4.20. The van der Waals surface area contributed by atoms with E-state index in [1.54, 1.807) is 18.3 Å². The molecular formula is C12H16ClN3O. The molecule has 1 aliphatic heterocycles. The lowest BCUT2D eigenvalue weighted by atomic mass is 10.1. The van der Waals surface area contributed by atoms with Gasteiger partial charge in [-0.3, -0.25) is 4.79 Å². The maximum atomic E-state index is 11.8. The Balaban J connectivity index is 1.87. The van der Waals surface area contributed by atoms with Crippen LogP contribution in [-0.2, 0) is 0 Å². The summed E-state index contributed by atoms with van der Waals surface area (Å²) in [5.41, 5.74) is 0.435. The number of pyridine rings is 1. The fraction of sp³-hybridized carbons (Fsp3) is 0.500. The van der Waals surface area contributed by atoms with E-state index in [9.17, 15) is 4.79 Å². The highest BCUT2D eigenvalue weighted by atomic mass is 35.5. The number of piperidine rings is 1. The Bertz CT molecular complexity index is 391. The van der Waals surface area contributed by atoms with Gasteiger partial charge < -0.3 is 10.6 Å². The van der Waals surface area contributed by atoms with Crippen LogP contribution in [0, 0.1) is 0 Å². The van der Waals surface area contributed by atoms with Crippen LogP contribution in [0.25, 0.3) is 0 Å². The first-order valence-electron chi connectivity index (χ1n) is 5.89. The zero-order chi connectivity index (χ0) is 12.1. The molecule has 0 radical (unpaired) electrons. The first-order chi connectivity index (χ1) is 8.27. The maximum absolute atomic E-state index is 11.8. The Morgan fingerprint density at radius 1 is 1.59 bits per heavy atom. The van der Waals surface area contributed by atoms with E-state index in [1.165, 1.54) is 12.8 Å². The van der Waals surface area contributed by atoms with Gasteiger partial charge in [0.2, 0.25) is 0 Å². The number of nitrogens with one attached hydrogen (secondary N) is 2. The summed E-state index contributed by atoms with van der Waals surface area (Å²) in [5, 5.41) is 6.51. The molecule has 92 valence electrons. The van der Waals surface area contributed by atoms with E-state index in [4.69, 9.17) is 11.6 Å². The summed E-state index contributed by atoms with van der Waals surface area (Å²) in [5.74, 6) is -0.157. The van der Waals surface area contributed by atoms with Crippen molar-refractivity contribution in [3.05, 3.63) is 29.0 Å². The predicted molar refractivity (Wildman–Crippen MR) is 67.2 cm³/mol. The number of amides is 1. The van der Waals surface area contributed by atoms with Crippen LogP contribution in [0.3, 0.4) is 0 Å². The number of hydrogen-bond acceptors (Lipinski definition) is 3. The van der Waals surface area contributed by atoms with Crippen LogP contribution >= 0.6 is 11.6 Å². The van der Waals surface area contributed by atoms with Gasteiger partial charge in [-0.2, -0.15) is 0 Å². The van der Waals surface area contributed by atoms with Gasteiger partial charge in [0, 0.05) is 18.8 Å². The number of aromatic nitrogens is 1. The third kappa shape index (κ3) is 3.41. The molecule has 0 unspecified atom stereocenters. The molecule has 0 aliphatic carbocycles. The Hall–Kier alpha value is -1.13. The third-order valence-electron chi connectivity index (χ3n) is 2.93. The van der Waals surface area contributed by atoms with Crippen molar-refractivity contribution in [2.24, 2.45) is 0 Å². The monoisotopic (exact) mass is 253 g/mol. The Kier molecular flexibility index (Phi) is 4.34. The normalized spacial score (nSPS) is 19.9. The van der Waals surface area contributed by atoms with Gasteiger partial charge in [-0.25, -0.2) is 4.98 Å². The average molecular weight is 254 g/mol. The summed E-state index contributed by atoms with van der Waals surface area (Å²) >= 11 is 5.85. The van der Waals surface area contributed by atoms with Gasteiger partial charge in [-0.15, -0.1) is 0 Å². The molecule has 1 aromatic rings. The molecule has 4 nitrogen and oxygen atoms in total. The molecule has 1 amide bonds. The van der Waals surface area contributed by atoms with E-state index in [-0.39, 0.29) is 11.1 Å². The van der Waals surface area contributed by atoms with Crippen LogP contribution < -0.4 is 10.6 Å². The topological polar surface area (TPSA) is 54.0 Å². The van der Waals surface area contributed by atoms with Crippen LogP contribution in [0.5, 0.6) is 0 Å². The average Bonchev–Trinajstić information content (AvgIpc) is 2.38. The number of carbonyl (C=O) groups excluding carboxylic acids is 1. The van der Waals surface area contributed by atoms with Gasteiger partial charge in [-0.05, 0) is 31.5 Å². The van der Waals surface area contributed by atoms with Gasteiger partial charge in [0.1, 0.15) is 5.15 Å². The summed E-state index contributed by atoms with van der Waals surface area (Å²) in [6, 6.07) is 3.77. The number of halogens is 1. The van der Waals surface area contributed by atoms with E-state index in [0.29, 0.717) is 18.2 Å². The maximum Gasteiger partial charge on any atom is 0.254 e. The van der Waals surface area contributed by atoms with Crippen molar-refractivity contribution >= 4 is 17.5 Å². The zero-order valence-electron chi connectivity index (χ0n) is 9.58. The fourth-order valence-electron chi connectivity index (χ4n) is 1.96. The summed E-state index contributed by atoms with van der Waals surface area (Å²) in [4.78, 5) is 15.7. The second kappa shape index (κ2) is 5.98. The van der Waals surface area contributed by atoms with Crippen LogP contribution in [0.4, 0.5) is 0 Å². The van der Waals surface area contributed by atoms with Crippen molar-refractivity contribution in [2.75, 3.05) is 13.1 Å². The van der Waals surface area contributed by atoms with Gasteiger partial charge in [-0.1, -0.05) is 18.0 Å². The lowest BCUT2D eigenvalue weighted by molar-refractivity contribution is 0.0947. The molecule has 2 N–H and O–H groups in total. The standard InChI is InChI=1S/C12H16ClN3O/c13-11-10(5-3-7-15-11)12(17)16-8-9-4-1-2-6-14-9/h3,5,7,9,14H,1-2,4,6,8H2,(H,16,17)/t9-/m0/s1. The Morgan fingerprint density at radius 2 is 2.47 bits per heavy atom. The molecule has 1 atom stereocenters. The van der Waals surface area contributed by atoms with Crippen LogP contribution in [0.1, 0.15) is 29.6 Å². The van der Waals surface area contributed by atoms with Crippen LogP contribution in [-0.4, -0.2) is 30.0 Å². The largest absolute Gasteiger partial charge is 0.350 e. The molecule has 0 bridgehead atoms. The van der Waals surface area contributed by atoms with Gasteiger partial charge >= 0.3 is 0 Å². The molecular weight excluding hydrogens is 238 g/mol. The lowest BCUT2D eigenvalue weighted by Crippen LogP contribution is -2.43. The molecule has 17 heavy (non-hydrogen) atoms. The number of rotatable bonds is 3. The first kappa shape index (κ1) is 12.3. The Morgan fingerprint density at radius 3 is 3.18 bits per heavy atom. The van der Waals surface area contributed by atoms with Crippen LogP contribution in [0.15, 0.2) is 18.3 Å². The lowest BCUT2D eigenvalue weighted by Gasteiger charge is -2.23. The molecule has 1 fully saturated rings. The summed E-state index contributed by atoms with van der Waals surface area (Å²) in [6.07, 6.45) is 5.13. The molecule has 1 aliphatic rings. The molecule has 2 rings (SSSR count). The van der Waals surface area contributed by atoms with Crippen molar-refractivity contribution in [3.8, 4) is 0 Å². The minimum absolute atomic E-state index is 0.157. The SMILES string of the molecule is O=C(NC[C@@H]1CCCCN1)c1cccnc1Cl. The molecule has 2 heterocycles. The van der Waals surface area contributed by atoms with Gasteiger partial charge in [0.15, 0.2) is 0 Å². The molecule has 1 aromatic heterocycles. The van der Waals surface area contributed by atoms with Crippen molar-refractivity contribution in [1.82, 2.24) is 15.6 Å². The molecule has 0 saturated carbocycles. The van der Waals surface area contributed by atoms with E-state index in [0.717, 1.165) is 13.0 Å². The highest BCUT2D eigenvalue weighted by molar-refractivity contribution is 6.32. The van der Waals surface area contributed by atoms with E-state index >= 15 is 0 Å². The number of hydrogen-bond donors (Lipinski definition) is 2. The smallest absolute Gasteiger partial charge is 0.254 e. The molecule has 0 aromatic carbocycles. The predicted octanol–water partition coefficient (Wildman–Crippen LogP) is 1.61.